The summed E-state index contributed by atoms with van der Waals surface area (Å²) in [6, 6.07) is 13.6. The molecule has 0 spiro atoms. The molecule has 4 nitrogen and oxygen atoms in total. The summed E-state index contributed by atoms with van der Waals surface area (Å²) in [6.45, 7) is 2.53. The summed E-state index contributed by atoms with van der Waals surface area (Å²) < 4.78 is 0. The van der Waals surface area contributed by atoms with Crippen molar-refractivity contribution in [2.75, 3.05) is 17.6 Å². The zero-order valence-corrected chi connectivity index (χ0v) is 13.7. The third-order valence-corrected chi connectivity index (χ3v) is 4.73. The van der Waals surface area contributed by atoms with Crippen molar-refractivity contribution in [1.29, 1.82) is 0 Å². The van der Waals surface area contributed by atoms with E-state index < -0.39 is 0 Å². The molecule has 0 unspecified atom stereocenters. The fourth-order valence-electron chi connectivity index (χ4n) is 2.49. The van der Waals surface area contributed by atoms with Gasteiger partial charge < -0.3 is 10.6 Å². The second-order valence-electron chi connectivity index (χ2n) is 5.54. The fourth-order valence-corrected chi connectivity index (χ4v) is 3.28. The number of anilines is 1. The Bertz CT molecular complexity index is 758. The van der Waals surface area contributed by atoms with Gasteiger partial charge in [0.25, 0.3) is 5.91 Å². The largest absolute Gasteiger partial charge is 0.352 e. The van der Waals surface area contributed by atoms with Crippen LogP contribution in [0.1, 0.15) is 21.5 Å². The van der Waals surface area contributed by atoms with E-state index in [1.165, 1.54) is 0 Å². The number of hydrogen-bond acceptors (Lipinski definition) is 3. The van der Waals surface area contributed by atoms with Gasteiger partial charge in [-0.1, -0.05) is 23.8 Å². The first-order valence-electron chi connectivity index (χ1n) is 7.52. The standard InChI is InChI=1S/C18H18N2O2S/c1-12-3-2-4-14(9-12)18(22)19-8-7-13-5-6-16-15(10-13)20-17(21)11-23-16/h2-6,9-10H,7-8,11H2,1H3,(H,19,22)(H,20,21). The molecule has 0 radical (unpaired) electrons. The van der Waals surface area contributed by atoms with Gasteiger partial charge in [-0.15, -0.1) is 11.8 Å². The summed E-state index contributed by atoms with van der Waals surface area (Å²) in [4.78, 5) is 24.6. The Morgan fingerprint density at radius 1 is 1.26 bits per heavy atom. The number of amides is 2. The van der Waals surface area contributed by atoms with Crippen LogP contribution < -0.4 is 10.6 Å². The maximum atomic E-state index is 12.1. The maximum Gasteiger partial charge on any atom is 0.251 e. The summed E-state index contributed by atoms with van der Waals surface area (Å²) in [5.74, 6) is 0.446. The van der Waals surface area contributed by atoms with E-state index in [9.17, 15) is 9.59 Å². The van der Waals surface area contributed by atoms with E-state index in [1.54, 1.807) is 11.8 Å². The van der Waals surface area contributed by atoms with Crippen LogP contribution in [-0.2, 0) is 11.2 Å². The zero-order chi connectivity index (χ0) is 16.2. The highest BCUT2D eigenvalue weighted by molar-refractivity contribution is 8.00. The van der Waals surface area contributed by atoms with Crippen LogP contribution in [-0.4, -0.2) is 24.1 Å². The van der Waals surface area contributed by atoms with E-state index in [0.29, 0.717) is 17.9 Å². The molecule has 23 heavy (non-hydrogen) atoms. The number of rotatable bonds is 4. The van der Waals surface area contributed by atoms with Crippen molar-refractivity contribution in [3.63, 3.8) is 0 Å². The molecule has 0 atom stereocenters. The van der Waals surface area contributed by atoms with Gasteiger partial charge in [0.1, 0.15) is 0 Å². The van der Waals surface area contributed by atoms with Gasteiger partial charge in [0.15, 0.2) is 0 Å². The molecule has 0 aromatic heterocycles. The Morgan fingerprint density at radius 2 is 2.13 bits per heavy atom. The van der Waals surface area contributed by atoms with E-state index in [2.05, 4.69) is 10.6 Å². The van der Waals surface area contributed by atoms with Crippen molar-refractivity contribution in [1.82, 2.24) is 5.32 Å². The number of carbonyl (C=O) groups excluding carboxylic acids is 2. The lowest BCUT2D eigenvalue weighted by molar-refractivity contribution is -0.113. The average molecular weight is 326 g/mol. The molecule has 1 aliphatic heterocycles. The summed E-state index contributed by atoms with van der Waals surface area (Å²) in [7, 11) is 0. The van der Waals surface area contributed by atoms with Crippen LogP contribution in [0.5, 0.6) is 0 Å². The van der Waals surface area contributed by atoms with E-state index in [1.807, 2.05) is 49.4 Å². The number of aryl methyl sites for hydroxylation is 1. The highest BCUT2D eigenvalue weighted by atomic mass is 32.2. The molecule has 0 fully saturated rings. The summed E-state index contributed by atoms with van der Waals surface area (Å²) in [6.07, 6.45) is 0.728. The van der Waals surface area contributed by atoms with Gasteiger partial charge in [-0.25, -0.2) is 0 Å². The number of thioether (sulfide) groups is 1. The zero-order valence-electron chi connectivity index (χ0n) is 12.9. The molecule has 2 amide bonds. The SMILES string of the molecule is Cc1cccc(C(=O)NCCc2ccc3c(c2)NC(=O)CS3)c1. The van der Waals surface area contributed by atoms with Gasteiger partial charge in [-0.05, 0) is 43.2 Å². The predicted octanol–water partition coefficient (Wildman–Crippen LogP) is 3.01. The van der Waals surface area contributed by atoms with Crippen molar-refractivity contribution in [3.8, 4) is 0 Å². The Kier molecular flexibility index (Phi) is 4.67. The maximum absolute atomic E-state index is 12.1. The Balaban J connectivity index is 1.57. The predicted molar refractivity (Wildman–Crippen MR) is 93.0 cm³/mol. The van der Waals surface area contributed by atoms with E-state index >= 15 is 0 Å². The van der Waals surface area contributed by atoms with Crippen LogP contribution in [0, 0.1) is 6.92 Å². The van der Waals surface area contributed by atoms with Crippen LogP contribution in [0.25, 0.3) is 0 Å². The molecule has 1 heterocycles. The molecule has 2 aromatic carbocycles. The molecule has 118 valence electrons. The highest BCUT2D eigenvalue weighted by Crippen LogP contribution is 2.31. The van der Waals surface area contributed by atoms with Gasteiger partial charge in [0.05, 0.1) is 11.4 Å². The molecule has 5 heteroatoms. The molecule has 0 saturated carbocycles. The minimum absolute atomic E-state index is 0.0346. The van der Waals surface area contributed by atoms with Gasteiger partial charge >= 0.3 is 0 Å². The monoisotopic (exact) mass is 326 g/mol. The molecule has 1 aliphatic rings. The molecule has 3 rings (SSSR count). The van der Waals surface area contributed by atoms with Crippen LogP contribution in [0.15, 0.2) is 47.4 Å². The van der Waals surface area contributed by atoms with Gasteiger partial charge in [-0.3, -0.25) is 9.59 Å². The molecule has 0 saturated heterocycles. The summed E-state index contributed by atoms with van der Waals surface area (Å²) in [5.41, 5.74) is 3.71. The van der Waals surface area contributed by atoms with Gasteiger partial charge in [-0.2, -0.15) is 0 Å². The number of fused-ring (bicyclic) bond motifs is 1. The minimum Gasteiger partial charge on any atom is -0.352 e. The van der Waals surface area contributed by atoms with Crippen molar-refractivity contribution < 1.29 is 9.59 Å². The third-order valence-electron chi connectivity index (χ3n) is 3.66. The Morgan fingerprint density at radius 3 is 2.96 bits per heavy atom. The molecule has 0 aliphatic carbocycles. The van der Waals surface area contributed by atoms with Gasteiger partial charge in [0, 0.05) is 17.0 Å². The fraction of sp³-hybridized carbons (Fsp3) is 0.222. The summed E-state index contributed by atoms with van der Waals surface area (Å²) in [5, 5.41) is 5.82. The van der Waals surface area contributed by atoms with E-state index in [4.69, 9.17) is 0 Å². The van der Waals surface area contributed by atoms with Crippen LogP contribution in [0.4, 0.5) is 5.69 Å². The van der Waals surface area contributed by atoms with Crippen LogP contribution >= 0.6 is 11.8 Å². The molecule has 2 N–H and O–H groups in total. The first-order chi connectivity index (χ1) is 11.1. The molecular weight excluding hydrogens is 308 g/mol. The molecule has 2 aromatic rings. The third kappa shape index (κ3) is 3.93. The van der Waals surface area contributed by atoms with Crippen LogP contribution in [0.2, 0.25) is 0 Å². The second-order valence-corrected chi connectivity index (χ2v) is 6.56. The first-order valence-corrected chi connectivity index (χ1v) is 8.51. The second kappa shape index (κ2) is 6.87. The number of carbonyl (C=O) groups is 2. The first kappa shape index (κ1) is 15.6. The minimum atomic E-state index is -0.0597. The van der Waals surface area contributed by atoms with Crippen molar-refractivity contribution in [3.05, 3.63) is 59.2 Å². The van der Waals surface area contributed by atoms with Gasteiger partial charge in [0.2, 0.25) is 5.91 Å². The van der Waals surface area contributed by atoms with Crippen molar-refractivity contribution >= 4 is 29.3 Å². The number of hydrogen-bond donors (Lipinski definition) is 2. The average Bonchev–Trinajstić information content (AvgIpc) is 2.54. The Labute approximate surface area is 139 Å². The topological polar surface area (TPSA) is 58.2 Å². The lowest BCUT2D eigenvalue weighted by atomic mass is 10.1. The molecular formula is C18H18N2O2S. The van der Waals surface area contributed by atoms with Crippen LogP contribution in [0.3, 0.4) is 0 Å². The quantitative estimate of drug-likeness (QED) is 0.908. The smallest absolute Gasteiger partial charge is 0.251 e. The highest BCUT2D eigenvalue weighted by Gasteiger charge is 2.15. The number of benzene rings is 2. The van der Waals surface area contributed by atoms with E-state index in [-0.39, 0.29) is 11.8 Å². The Hall–Kier alpha value is -2.27. The normalized spacial score (nSPS) is 13.2. The molecule has 0 bridgehead atoms. The van der Waals surface area contributed by atoms with E-state index in [0.717, 1.165) is 28.1 Å². The lowest BCUT2D eigenvalue weighted by Gasteiger charge is -2.17. The van der Waals surface area contributed by atoms with Crippen molar-refractivity contribution in [2.45, 2.75) is 18.2 Å². The lowest BCUT2D eigenvalue weighted by Crippen LogP contribution is -2.25. The van der Waals surface area contributed by atoms with Crippen molar-refractivity contribution in [2.24, 2.45) is 0 Å². The summed E-state index contributed by atoms with van der Waals surface area (Å²) >= 11 is 1.55. The number of nitrogens with one attached hydrogen (secondary N) is 2.